The maximum absolute atomic E-state index is 11.9. The third-order valence-electron chi connectivity index (χ3n) is 2.35. The van der Waals surface area contributed by atoms with Crippen LogP contribution in [0.5, 0.6) is 0 Å². The zero-order valence-electron chi connectivity index (χ0n) is 10.0. The Bertz CT molecular complexity index is 600. The van der Waals surface area contributed by atoms with Gasteiger partial charge in [0.25, 0.3) is 5.91 Å². The van der Waals surface area contributed by atoms with E-state index in [9.17, 15) is 4.79 Å². The van der Waals surface area contributed by atoms with Gasteiger partial charge in [0, 0.05) is 22.2 Å². The Kier molecular flexibility index (Phi) is 5.01. The summed E-state index contributed by atoms with van der Waals surface area (Å²) >= 11 is 13.3. The van der Waals surface area contributed by atoms with Crippen LogP contribution in [0.1, 0.15) is 9.67 Å². The van der Waals surface area contributed by atoms with Crippen molar-refractivity contribution in [1.82, 2.24) is 5.48 Å². The van der Waals surface area contributed by atoms with Crippen LogP contribution in [0.25, 0.3) is 10.1 Å². The van der Waals surface area contributed by atoms with Crippen molar-refractivity contribution in [3.05, 3.63) is 33.1 Å². The molecule has 0 atom stereocenters. The Morgan fingerprint density at radius 1 is 1.37 bits per heavy atom. The highest BCUT2D eigenvalue weighted by molar-refractivity contribution is 7.21. The number of thiophene rings is 1. The quantitative estimate of drug-likeness (QED) is 0.677. The predicted molar refractivity (Wildman–Crippen MR) is 77.1 cm³/mol. The van der Waals surface area contributed by atoms with Crippen LogP contribution in [0.2, 0.25) is 10.0 Å². The van der Waals surface area contributed by atoms with E-state index in [1.807, 2.05) is 0 Å². The molecular formula is C12H11Cl2NO3S. The standard InChI is InChI=1S/C12H11Cl2NO3S/c1-17-4-5-18-15-12(16)11-10(14)8-3-2-7(13)6-9(8)19-11/h2-3,6H,4-5H2,1H3,(H,15,16). The molecule has 19 heavy (non-hydrogen) atoms. The van der Waals surface area contributed by atoms with Crippen molar-refractivity contribution in [3.8, 4) is 0 Å². The number of nitrogens with one attached hydrogen (secondary N) is 1. The highest BCUT2D eigenvalue weighted by Gasteiger charge is 2.17. The summed E-state index contributed by atoms with van der Waals surface area (Å²) in [4.78, 5) is 17.3. The smallest absolute Gasteiger partial charge is 0.286 e. The molecular weight excluding hydrogens is 309 g/mol. The van der Waals surface area contributed by atoms with Crippen LogP contribution in [0, 0.1) is 0 Å². The van der Waals surface area contributed by atoms with Crippen molar-refractivity contribution >= 4 is 50.5 Å². The molecule has 2 aromatic rings. The molecule has 0 aliphatic heterocycles. The first-order chi connectivity index (χ1) is 9.13. The van der Waals surface area contributed by atoms with Crippen molar-refractivity contribution in [2.45, 2.75) is 0 Å². The number of fused-ring (bicyclic) bond motifs is 1. The van der Waals surface area contributed by atoms with Crippen LogP contribution in [-0.4, -0.2) is 26.2 Å². The summed E-state index contributed by atoms with van der Waals surface area (Å²) in [6.45, 7) is 0.673. The van der Waals surface area contributed by atoms with E-state index in [1.54, 1.807) is 25.3 Å². The van der Waals surface area contributed by atoms with E-state index in [0.29, 0.717) is 21.5 Å². The molecule has 1 heterocycles. The second kappa shape index (κ2) is 6.54. The summed E-state index contributed by atoms with van der Waals surface area (Å²) in [5, 5.41) is 1.82. The third kappa shape index (κ3) is 3.38. The van der Waals surface area contributed by atoms with Gasteiger partial charge in [-0.15, -0.1) is 11.3 Å². The van der Waals surface area contributed by atoms with Gasteiger partial charge in [-0.3, -0.25) is 9.63 Å². The van der Waals surface area contributed by atoms with Crippen LogP contribution in [-0.2, 0) is 9.57 Å². The summed E-state index contributed by atoms with van der Waals surface area (Å²) in [6, 6.07) is 5.30. The van der Waals surface area contributed by atoms with Crippen molar-refractivity contribution < 1.29 is 14.4 Å². The highest BCUT2D eigenvalue weighted by Crippen LogP contribution is 2.36. The molecule has 0 unspecified atom stereocenters. The molecule has 0 aliphatic rings. The van der Waals surface area contributed by atoms with E-state index < -0.39 is 0 Å². The van der Waals surface area contributed by atoms with Crippen molar-refractivity contribution in [3.63, 3.8) is 0 Å². The highest BCUT2D eigenvalue weighted by atomic mass is 35.5. The first kappa shape index (κ1) is 14.6. The molecule has 0 spiro atoms. The minimum Gasteiger partial charge on any atom is -0.382 e. The maximum atomic E-state index is 11.9. The van der Waals surface area contributed by atoms with E-state index in [1.165, 1.54) is 11.3 Å². The Labute approximate surface area is 124 Å². The molecule has 7 heteroatoms. The molecule has 0 radical (unpaired) electrons. The van der Waals surface area contributed by atoms with E-state index in [2.05, 4.69) is 5.48 Å². The molecule has 0 saturated carbocycles. The molecule has 0 aliphatic carbocycles. The molecule has 1 amide bonds. The Morgan fingerprint density at radius 2 is 2.16 bits per heavy atom. The number of hydroxylamine groups is 1. The van der Waals surface area contributed by atoms with Crippen LogP contribution < -0.4 is 5.48 Å². The van der Waals surface area contributed by atoms with E-state index >= 15 is 0 Å². The third-order valence-corrected chi connectivity index (χ3v) is 4.24. The average Bonchev–Trinajstić information content (AvgIpc) is 2.71. The van der Waals surface area contributed by atoms with Gasteiger partial charge in [-0.2, -0.15) is 0 Å². The molecule has 0 fully saturated rings. The van der Waals surface area contributed by atoms with Crippen LogP contribution >= 0.6 is 34.5 Å². The monoisotopic (exact) mass is 319 g/mol. The Balaban J connectivity index is 2.15. The molecule has 4 nitrogen and oxygen atoms in total. The summed E-state index contributed by atoms with van der Waals surface area (Å²) in [6.07, 6.45) is 0. The molecule has 1 N–H and O–H groups in total. The van der Waals surface area contributed by atoms with Crippen molar-refractivity contribution in [2.24, 2.45) is 0 Å². The molecule has 2 rings (SSSR count). The van der Waals surface area contributed by atoms with Crippen molar-refractivity contribution in [2.75, 3.05) is 20.3 Å². The fraction of sp³-hybridized carbons (Fsp3) is 0.250. The number of amides is 1. The Morgan fingerprint density at radius 3 is 2.89 bits per heavy atom. The van der Waals surface area contributed by atoms with E-state index in [4.69, 9.17) is 32.8 Å². The number of hydrogen-bond donors (Lipinski definition) is 1. The number of methoxy groups -OCH3 is 1. The molecule has 102 valence electrons. The van der Waals surface area contributed by atoms with Gasteiger partial charge in [-0.1, -0.05) is 29.3 Å². The number of rotatable bonds is 5. The van der Waals surface area contributed by atoms with Crippen LogP contribution in [0.15, 0.2) is 18.2 Å². The van der Waals surface area contributed by atoms with Crippen molar-refractivity contribution in [1.29, 1.82) is 0 Å². The first-order valence-electron chi connectivity index (χ1n) is 5.42. The lowest BCUT2D eigenvalue weighted by Crippen LogP contribution is -2.24. The van der Waals surface area contributed by atoms with Gasteiger partial charge < -0.3 is 4.74 Å². The van der Waals surface area contributed by atoms with Crippen LogP contribution in [0.4, 0.5) is 0 Å². The summed E-state index contributed by atoms with van der Waals surface area (Å²) in [5.74, 6) is -0.376. The SMILES string of the molecule is COCCONC(=O)c1sc2cc(Cl)ccc2c1Cl. The normalized spacial score (nSPS) is 10.9. The number of benzene rings is 1. The largest absolute Gasteiger partial charge is 0.382 e. The first-order valence-corrected chi connectivity index (χ1v) is 6.99. The van der Waals surface area contributed by atoms with Gasteiger partial charge in [0.15, 0.2) is 0 Å². The zero-order valence-corrected chi connectivity index (χ0v) is 12.4. The second-order valence-corrected chi connectivity index (χ2v) is 5.52. The maximum Gasteiger partial charge on any atom is 0.286 e. The van der Waals surface area contributed by atoms with Gasteiger partial charge in [0.1, 0.15) is 4.88 Å². The molecule has 0 bridgehead atoms. The van der Waals surface area contributed by atoms with Gasteiger partial charge in [-0.25, -0.2) is 5.48 Å². The van der Waals surface area contributed by atoms with E-state index in [0.717, 1.165) is 10.1 Å². The number of halogens is 2. The van der Waals surface area contributed by atoms with Gasteiger partial charge in [0.05, 0.1) is 18.2 Å². The Hall–Kier alpha value is -0.850. The molecule has 1 aromatic heterocycles. The number of carbonyl (C=O) groups is 1. The van der Waals surface area contributed by atoms with Gasteiger partial charge in [-0.05, 0) is 12.1 Å². The lowest BCUT2D eigenvalue weighted by atomic mass is 10.2. The predicted octanol–water partition coefficient (Wildman–Crippen LogP) is 3.52. The zero-order chi connectivity index (χ0) is 13.8. The minimum atomic E-state index is -0.376. The molecule has 0 saturated heterocycles. The average molecular weight is 320 g/mol. The number of hydrogen-bond acceptors (Lipinski definition) is 4. The number of ether oxygens (including phenoxy) is 1. The topological polar surface area (TPSA) is 47.6 Å². The lowest BCUT2D eigenvalue weighted by molar-refractivity contribution is 0.00916. The summed E-state index contributed by atoms with van der Waals surface area (Å²) in [5.41, 5.74) is 2.32. The molecule has 1 aromatic carbocycles. The summed E-state index contributed by atoms with van der Waals surface area (Å²) in [7, 11) is 1.55. The number of carbonyl (C=O) groups excluding carboxylic acids is 1. The summed E-state index contributed by atoms with van der Waals surface area (Å²) < 4.78 is 5.66. The lowest BCUT2D eigenvalue weighted by Gasteiger charge is -2.03. The van der Waals surface area contributed by atoms with Gasteiger partial charge in [0.2, 0.25) is 0 Å². The van der Waals surface area contributed by atoms with Crippen LogP contribution in [0.3, 0.4) is 0 Å². The van der Waals surface area contributed by atoms with E-state index in [-0.39, 0.29) is 12.5 Å². The fourth-order valence-corrected chi connectivity index (χ4v) is 3.15. The second-order valence-electron chi connectivity index (χ2n) is 3.66. The van der Waals surface area contributed by atoms with Gasteiger partial charge >= 0.3 is 0 Å². The fourth-order valence-electron chi connectivity index (χ4n) is 1.47. The minimum absolute atomic E-state index is 0.274.